The Morgan fingerprint density at radius 2 is 1.36 bits per heavy atom. The lowest BCUT2D eigenvalue weighted by atomic mass is 10.1. The standard InChI is InChI=1S/C12H10ClFN2OS.C7H3ClFNS.C6H5ClFN.C3H5N3O/c13-10-2-1-8(6-11(10)14)5-9(18)7-16-12(17)3-4-15;8-6-2-1-5(10-4-11)3-7(6)9;7-5-2-1-4(9)3-6(5)8;4-2-1-3(7)6-5/h1-2,6H,3,5,7H2,(H,16,17);1-3H;1-3H,9H2;1,5H2,(H,6,7). The van der Waals surface area contributed by atoms with Gasteiger partial charge in [-0.25, -0.2) is 19.0 Å². The molecular weight excluding hydrogens is 694 g/mol. The Balaban J connectivity index is 0.000000615. The summed E-state index contributed by atoms with van der Waals surface area (Å²) in [6.45, 7) is 0.195. The SMILES string of the molecule is Fc1cc(N=C=S)ccc1Cl.N#CCC(=O)NCC(=S)Cc1ccc(Cl)c(F)c1.N#CCC(=O)NN.Nc1ccc(Cl)c(F)c1. The van der Waals surface area contributed by atoms with Crippen molar-refractivity contribution in [3.05, 3.63) is 92.7 Å². The van der Waals surface area contributed by atoms with Crippen molar-refractivity contribution in [2.75, 3.05) is 12.3 Å². The fourth-order valence-corrected chi connectivity index (χ4v) is 3.21. The van der Waals surface area contributed by atoms with Crippen molar-refractivity contribution in [3.63, 3.8) is 0 Å². The predicted molar refractivity (Wildman–Crippen MR) is 175 cm³/mol. The third kappa shape index (κ3) is 19.0. The molecule has 236 valence electrons. The van der Waals surface area contributed by atoms with Crippen molar-refractivity contribution >= 4 is 92.5 Å². The Morgan fingerprint density at radius 3 is 1.80 bits per heavy atom. The molecule has 3 rings (SSSR count). The van der Waals surface area contributed by atoms with Crippen LogP contribution in [0.15, 0.2) is 59.6 Å². The summed E-state index contributed by atoms with van der Waals surface area (Å²) in [6, 6.07) is 16.1. The summed E-state index contributed by atoms with van der Waals surface area (Å²) in [6.07, 6.45) is 0.00490. The van der Waals surface area contributed by atoms with Crippen LogP contribution in [0.2, 0.25) is 15.1 Å². The second kappa shape index (κ2) is 23.3. The molecule has 3 aromatic rings. The lowest BCUT2D eigenvalue weighted by Gasteiger charge is -2.06. The molecule has 0 aliphatic rings. The van der Waals surface area contributed by atoms with Gasteiger partial charge in [0.2, 0.25) is 11.8 Å². The number of isothiocyanates is 1. The molecule has 0 fully saturated rings. The number of anilines is 1. The Morgan fingerprint density at radius 1 is 0.844 bits per heavy atom. The number of hydrogen-bond donors (Lipinski definition) is 4. The number of nitrogen functional groups attached to an aromatic ring is 1. The van der Waals surface area contributed by atoms with Crippen LogP contribution in [0.1, 0.15) is 18.4 Å². The van der Waals surface area contributed by atoms with Gasteiger partial charge in [0.05, 0.1) is 38.1 Å². The van der Waals surface area contributed by atoms with E-state index in [1.165, 1.54) is 36.4 Å². The van der Waals surface area contributed by atoms with Crippen molar-refractivity contribution in [1.29, 1.82) is 10.5 Å². The molecule has 0 saturated heterocycles. The minimum atomic E-state index is -0.502. The number of aliphatic imine (C=N–C) groups is 1. The van der Waals surface area contributed by atoms with Crippen LogP contribution in [-0.4, -0.2) is 28.4 Å². The summed E-state index contributed by atoms with van der Waals surface area (Å²) in [4.78, 5) is 25.1. The molecule has 0 aliphatic carbocycles. The van der Waals surface area contributed by atoms with Crippen LogP contribution in [0.5, 0.6) is 0 Å². The van der Waals surface area contributed by atoms with E-state index < -0.39 is 23.4 Å². The van der Waals surface area contributed by atoms with E-state index in [2.05, 4.69) is 33.5 Å². The fraction of sp³-hybridized carbons (Fsp3) is 0.143. The highest BCUT2D eigenvalue weighted by molar-refractivity contribution is 7.80. The van der Waals surface area contributed by atoms with E-state index in [9.17, 15) is 22.8 Å². The molecule has 0 unspecified atom stereocenters. The number of amides is 2. The van der Waals surface area contributed by atoms with Crippen molar-refractivity contribution in [1.82, 2.24) is 10.7 Å². The number of hydrazine groups is 1. The van der Waals surface area contributed by atoms with Gasteiger partial charge in [0.25, 0.3) is 0 Å². The molecule has 0 bridgehead atoms. The molecule has 9 nitrogen and oxygen atoms in total. The highest BCUT2D eigenvalue weighted by Crippen LogP contribution is 2.20. The van der Waals surface area contributed by atoms with Crippen molar-refractivity contribution in [3.8, 4) is 12.1 Å². The molecule has 2 amide bonds. The van der Waals surface area contributed by atoms with Gasteiger partial charge >= 0.3 is 0 Å². The first-order valence-electron chi connectivity index (χ1n) is 12.0. The number of hydrogen-bond acceptors (Lipinski definition) is 9. The first-order valence-corrected chi connectivity index (χ1v) is 13.9. The van der Waals surface area contributed by atoms with E-state index >= 15 is 0 Å². The third-order valence-electron chi connectivity index (χ3n) is 4.53. The van der Waals surface area contributed by atoms with Gasteiger partial charge in [-0.1, -0.05) is 53.1 Å². The second-order valence-electron chi connectivity index (χ2n) is 7.95. The summed E-state index contributed by atoms with van der Waals surface area (Å²) in [7, 11) is 0. The largest absolute Gasteiger partial charge is 0.399 e. The number of halogens is 6. The van der Waals surface area contributed by atoms with Crippen LogP contribution in [0.25, 0.3) is 0 Å². The van der Waals surface area contributed by atoms with Gasteiger partial charge in [0.1, 0.15) is 30.3 Å². The lowest BCUT2D eigenvalue weighted by molar-refractivity contribution is -0.120. The molecule has 0 atom stereocenters. The fourth-order valence-electron chi connectivity index (χ4n) is 2.51. The maximum atomic E-state index is 13.2. The normalized spacial score (nSPS) is 9.00. The van der Waals surface area contributed by atoms with Crippen LogP contribution in [-0.2, 0) is 16.0 Å². The van der Waals surface area contributed by atoms with Gasteiger partial charge in [-0.3, -0.25) is 15.0 Å². The number of nitrogens with two attached hydrogens (primary N) is 2. The van der Waals surface area contributed by atoms with Crippen LogP contribution < -0.4 is 22.3 Å². The number of nitrogens with one attached hydrogen (secondary N) is 2. The predicted octanol–water partition coefficient (Wildman–Crippen LogP) is 6.59. The second-order valence-corrected chi connectivity index (χ2v) is 9.93. The minimum absolute atomic E-state index is 0.0620. The van der Waals surface area contributed by atoms with Crippen LogP contribution in [0.4, 0.5) is 24.5 Å². The van der Waals surface area contributed by atoms with Crippen LogP contribution >= 0.6 is 59.2 Å². The average molecular weight is 717 g/mol. The van der Waals surface area contributed by atoms with Gasteiger partial charge in [-0.2, -0.15) is 15.5 Å². The zero-order valence-electron chi connectivity index (χ0n) is 22.9. The summed E-state index contributed by atoms with van der Waals surface area (Å²) in [5, 5.41) is 21.0. The third-order valence-corrected chi connectivity index (χ3v) is 5.83. The molecular formula is C28H23Cl3F3N7O2S2. The Labute approximate surface area is 282 Å². The molecule has 3 aromatic carbocycles. The average Bonchev–Trinajstić information content (AvgIpc) is 2.99. The summed E-state index contributed by atoms with van der Waals surface area (Å²) < 4.78 is 38.2. The number of nitriles is 2. The van der Waals surface area contributed by atoms with E-state index in [4.69, 9.17) is 63.3 Å². The number of carbonyl (C=O) groups excluding carboxylic acids is 2. The number of nitrogens with zero attached hydrogens (tertiary/aromatic N) is 3. The van der Waals surface area contributed by atoms with E-state index in [-0.39, 0.29) is 40.4 Å². The lowest BCUT2D eigenvalue weighted by Crippen LogP contribution is -2.29. The summed E-state index contributed by atoms with van der Waals surface area (Å²) in [5.41, 5.74) is 8.53. The zero-order chi connectivity index (χ0) is 34.4. The van der Waals surface area contributed by atoms with E-state index in [0.29, 0.717) is 28.2 Å². The zero-order valence-corrected chi connectivity index (χ0v) is 26.8. The van der Waals surface area contributed by atoms with Gasteiger partial charge in [-0.15, -0.1) is 0 Å². The quantitative estimate of drug-likeness (QED) is 0.0530. The van der Waals surface area contributed by atoms with Gasteiger partial charge in [-0.05, 0) is 60.2 Å². The molecule has 45 heavy (non-hydrogen) atoms. The Kier molecular flexibility index (Phi) is 21.2. The van der Waals surface area contributed by atoms with E-state index in [1.807, 2.05) is 0 Å². The smallest absolute Gasteiger partial charge is 0.248 e. The highest BCUT2D eigenvalue weighted by Gasteiger charge is 2.06. The minimum Gasteiger partial charge on any atom is -0.399 e. The molecule has 6 N–H and O–H groups in total. The summed E-state index contributed by atoms with van der Waals surface area (Å²) >= 11 is 25.7. The van der Waals surface area contributed by atoms with Gasteiger partial charge in [0.15, 0.2) is 0 Å². The molecule has 0 saturated carbocycles. The topological polar surface area (TPSA) is 170 Å². The first-order chi connectivity index (χ1) is 21.3. The first kappa shape index (κ1) is 40.9. The monoisotopic (exact) mass is 715 g/mol. The van der Waals surface area contributed by atoms with Crippen LogP contribution in [0.3, 0.4) is 0 Å². The maximum absolute atomic E-state index is 13.2. The summed E-state index contributed by atoms with van der Waals surface area (Å²) in [5.74, 6) is 2.31. The van der Waals surface area contributed by atoms with Crippen molar-refractivity contribution in [2.24, 2.45) is 10.8 Å². The highest BCUT2D eigenvalue weighted by atomic mass is 35.5. The number of thiocarbonyl (C=S) groups is 2. The van der Waals surface area contributed by atoms with E-state index in [1.54, 1.807) is 35.8 Å². The van der Waals surface area contributed by atoms with E-state index in [0.717, 1.165) is 0 Å². The maximum Gasteiger partial charge on any atom is 0.248 e. The van der Waals surface area contributed by atoms with Crippen molar-refractivity contribution < 1.29 is 22.8 Å². The molecule has 17 heteroatoms. The molecule has 0 aromatic heterocycles. The Bertz CT molecular complexity index is 1610. The van der Waals surface area contributed by atoms with Gasteiger partial charge in [0, 0.05) is 29.6 Å². The Hall–Kier alpha value is -4.11. The number of carbonyl (C=O) groups is 2. The number of rotatable bonds is 7. The van der Waals surface area contributed by atoms with Gasteiger partial charge < -0.3 is 11.1 Å². The molecule has 0 spiro atoms. The molecule has 0 aliphatic heterocycles. The molecule has 0 heterocycles. The van der Waals surface area contributed by atoms with Crippen molar-refractivity contribution in [2.45, 2.75) is 19.3 Å². The molecule has 0 radical (unpaired) electrons. The van der Waals surface area contributed by atoms with Crippen LogP contribution in [0, 0.1) is 40.1 Å². The number of benzene rings is 3.